The van der Waals surface area contributed by atoms with Crippen molar-refractivity contribution in [2.24, 2.45) is 5.92 Å². The molecule has 1 amide bonds. The molecule has 28 heavy (non-hydrogen) atoms. The molecule has 1 aromatic rings. The highest BCUT2D eigenvalue weighted by molar-refractivity contribution is 7.92. The molecule has 156 valence electrons. The minimum atomic E-state index is -3.71. The lowest BCUT2D eigenvalue weighted by Gasteiger charge is -2.37. The van der Waals surface area contributed by atoms with Gasteiger partial charge in [-0.2, -0.15) is 0 Å². The second kappa shape index (κ2) is 9.60. The molecular formula is C19H27ClN2O5S. The van der Waals surface area contributed by atoms with E-state index in [0.29, 0.717) is 49.7 Å². The first-order valence-electron chi connectivity index (χ1n) is 9.39. The van der Waals surface area contributed by atoms with E-state index in [1.54, 1.807) is 36.9 Å². The zero-order chi connectivity index (χ0) is 20.9. The van der Waals surface area contributed by atoms with E-state index in [-0.39, 0.29) is 17.8 Å². The molecule has 0 spiro atoms. The van der Waals surface area contributed by atoms with Crippen molar-refractivity contribution in [1.82, 2.24) is 4.90 Å². The Morgan fingerprint density at radius 3 is 2.43 bits per heavy atom. The maximum absolute atomic E-state index is 13.1. The number of amides is 1. The van der Waals surface area contributed by atoms with Crippen molar-refractivity contribution in [3.63, 3.8) is 0 Å². The summed E-state index contributed by atoms with van der Waals surface area (Å²) in [6.45, 7) is 4.66. The van der Waals surface area contributed by atoms with Crippen LogP contribution in [0.3, 0.4) is 0 Å². The molecule has 0 saturated carbocycles. The van der Waals surface area contributed by atoms with Crippen LogP contribution in [0.4, 0.5) is 5.69 Å². The number of sulfonamides is 1. The average molecular weight is 431 g/mol. The van der Waals surface area contributed by atoms with Crippen molar-refractivity contribution in [2.45, 2.75) is 39.2 Å². The number of esters is 1. The Morgan fingerprint density at radius 2 is 1.93 bits per heavy atom. The second-order valence-corrected chi connectivity index (χ2v) is 9.11. The molecule has 1 heterocycles. The van der Waals surface area contributed by atoms with Gasteiger partial charge in [-0.15, -0.1) is 0 Å². The maximum atomic E-state index is 13.1. The van der Waals surface area contributed by atoms with Gasteiger partial charge in [0.05, 0.1) is 24.5 Å². The van der Waals surface area contributed by atoms with Crippen LogP contribution in [0.15, 0.2) is 24.3 Å². The van der Waals surface area contributed by atoms with Crippen molar-refractivity contribution in [2.75, 3.05) is 30.3 Å². The fourth-order valence-corrected chi connectivity index (χ4v) is 4.85. The van der Waals surface area contributed by atoms with Crippen LogP contribution in [0.2, 0.25) is 5.02 Å². The number of benzene rings is 1. The van der Waals surface area contributed by atoms with Gasteiger partial charge in [-0.05, 0) is 44.4 Å². The first-order chi connectivity index (χ1) is 13.2. The van der Waals surface area contributed by atoms with E-state index in [4.69, 9.17) is 16.3 Å². The SMILES string of the molecule is CCOC(=O)C1CCN(C(=O)[C@@H](CC)N(c2cccc(Cl)c2)S(C)(=O)=O)CC1. The molecule has 0 aliphatic carbocycles. The fraction of sp³-hybridized carbons (Fsp3) is 0.579. The van der Waals surface area contributed by atoms with Gasteiger partial charge in [0.2, 0.25) is 15.9 Å². The Labute approximate surface area is 171 Å². The smallest absolute Gasteiger partial charge is 0.309 e. The van der Waals surface area contributed by atoms with Gasteiger partial charge in [-0.3, -0.25) is 13.9 Å². The number of hydrogen-bond acceptors (Lipinski definition) is 5. The molecule has 2 rings (SSSR count). The normalized spacial score (nSPS) is 16.5. The highest BCUT2D eigenvalue weighted by Gasteiger charge is 2.36. The van der Waals surface area contributed by atoms with Gasteiger partial charge in [-0.1, -0.05) is 24.6 Å². The fourth-order valence-electron chi connectivity index (χ4n) is 3.46. The van der Waals surface area contributed by atoms with Gasteiger partial charge in [0.15, 0.2) is 0 Å². The molecule has 1 aliphatic rings. The van der Waals surface area contributed by atoms with Crippen LogP contribution < -0.4 is 4.31 Å². The lowest BCUT2D eigenvalue weighted by Crippen LogP contribution is -2.52. The first kappa shape index (κ1) is 22.5. The van der Waals surface area contributed by atoms with Crippen LogP contribution in [0.1, 0.15) is 33.1 Å². The summed E-state index contributed by atoms with van der Waals surface area (Å²) in [5.74, 6) is -0.725. The lowest BCUT2D eigenvalue weighted by atomic mass is 9.96. The minimum Gasteiger partial charge on any atom is -0.466 e. The van der Waals surface area contributed by atoms with Gasteiger partial charge in [0.1, 0.15) is 6.04 Å². The van der Waals surface area contributed by atoms with Crippen LogP contribution in [0.25, 0.3) is 0 Å². The van der Waals surface area contributed by atoms with Crippen molar-refractivity contribution < 1.29 is 22.7 Å². The molecule has 0 bridgehead atoms. The molecule has 0 N–H and O–H groups in total. The molecule has 7 nitrogen and oxygen atoms in total. The van der Waals surface area contributed by atoms with E-state index in [0.717, 1.165) is 10.6 Å². The number of anilines is 1. The lowest BCUT2D eigenvalue weighted by molar-refractivity contribution is -0.151. The van der Waals surface area contributed by atoms with E-state index >= 15 is 0 Å². The van der Waals surface area contributed by atoms with E-state index in [9.17, 15) is 18.0 Å². The summed E-state index contributed by atoms with van der Waals surface area (Å²) in [5, 5.41) is 0.392. The molecule has 1 atom stereocenters. The predicted molar refractivity (Wildman–Crippen MR) is 109 cm³/mol. The molecule has 1 aromatic carbocycles. The number of carbonyl (C=O) groups excluding carboxylic acids is 2. The van der Waals surface area contributed by atoms with Crippen molar-refractivity contribution in [3.05, 3.63) is 29.3 Å². The second-order valence-electron chi connectivity index (χ2n) is 6.81. The number of ether oxygens (including phenoxy) is 1. The predicted octanol–water partition coefficient (Wildman–Crippen LogP) is 2.69. The maximum Gasteiger partial charge on any atom is 0.309 e. The Kier molecular flexibility index (Phi) is 7.71. The third-order valence-electron chi connectivity index (χ3n) is 4.80. The first-order valence-corrected chi connectivity index (χ1v) is 11.6. The number of halogens is 1. The van der Waals surface area contributed by atoms with Gasteiger partial charge >= 0.3 is 5.97 Å². The molecule has 9 heteroatoms. The van der Waals surface area contributed by atoms with Crippen LogP contribution in [-0.4, -0.2) is 57.2 Å². The molecule has 1 saturated heterocycles. The summed E-state index contributed by atoms with van der Waals surface area (Å²) in [6.07, 6.45) is 2.42. The van der Waals surface area contributed by atoms with Gasteiger partial charge in [0.25, 0.3) is 0 Å². The highest BCUT2D eigenvalue weighted by Crippen LogP contribution is 2.27. The van der Waals surface area contributed by atoms with E-state index in [1.807, 2.05) is 0 Å². The summed E-state index contributed by atoms with van der Waals surface area (Å²) in [4.78, 5) is 26.7. The molecule has 1 aliphatic heterocycles. The molecular weight excluding hydrogens is 404 g/mol. The molecule has 0 aromatic heterocycles. The van der Waals surface area contributed by atoms with Gasteiger partial charge < -0.3 is 9.64 Å². The summed E-state index contributed by atoms with van der Waals surface area (Å²) >= 11 is 6.03. The zero-order valence-electron chi connectivity index (χ0n) is 16.4. The number of nitrogens with zero attached hydrogens (tertiary/aromatic N) is 2. The standard InChI is InChI=1S/C19H27ClN2O5S/c1-4-17(22(28(3,25)26)16-8-6-7-15(20)13-16)18(23)21-11-9-14(10-12-21)19(24)27-5-2/h6-8,13-14,17H,4-5,9-12H2,1-3H3/t17-/m1/s1. The molecule has 0 radical (unpaired) electrons. The summed E-state index contributed by atoms with van der Waals surface area (Å²) in [6, 6.07) is 5.58. The number of likely N-dealkylation sites (tertiary alicyclic amines) is 1. The van der Waals surface area contributed by atoms with E-state index < -0.39 is 16.1 Å². The number of carbonyl (C=O) groups is 2. The number of rotatable bonds is 7. The zero-order valence-corrected chi connectivity index (χ0v) is 18.0. The molecule has 0 unspecified atom stereocenters. The van der Waals surface area contributed by atoms with E-state index in [2.05, 4.69) is 0 Å². The largest absolute Gasteiger partial charge is 0.466 e. The highest BCUT2D eigenvalue weighted by atomic mass is 35.5. The molecule has 1 fully saturated rings. The quantitative estimate of drug-likeness (QED) is 0.621. The average Bonchev–Trinajstić information content (AvgIpc) is 2.64. The monoisotopic (exact) mass is 430 g/mol. The van der Waals surface area contributed by atoms with Crippen LogP contribution in [0.5, 0.6) is 0 Å². The Bertz CT molecular complexity index is 806. The number of hydrogen-bond donors (Lipinski definition) is 0. The van der Waals surface area contributed by atoms with Crippen molar-refractivity contribution in [3.8, 4) is 0 Å². The van der Waals surface area contributed by atoms with Gasteiger partial charge in [0, 0.05) is 18.1 Å². The Morgan fingerprint density at radius 1 is 1.29 bits per heavy atom. The Balaban J connectivity index is 2.20. The third-order valence-corrected chi connectivity index (χ3v) is 6.22. The van der Waals surface area contributed by atoms with Crippen molar-refractivity contribution in [1.29, 1.82) is 0 Å². The van der Waals surface area contributed by atoms with Crippen LogP contribution in [0, 0.1) is 5.92 Å². The summed E-state index contributed by atoms with van der Waals surface area (Å²) in [5.41, 5.74) is 0.358. The van der Waals surface area contributed by atoms with E-state index in [1.165, 1.54) is 6.07 Å². The number of piperidine rings is 1. The minimum absolute atomic E-state index is 0.219. The van der Waals surface area contributed by atoms with Crippen LogP contribution >= 0.6 is 11.6 Å². The Hall–Kier alpha value is -1.80. The van der Waals surface area contributed by atoms with Crippen molar-refractivity contribution >= 4 is 39.2 Å². The summed E-state index contributed by atoms with van der Waals surface area (Å²) in [7, 11) is -3.71. The topological polar surface area (TPSA) is 84.0 Å². The third kappa shape index (κ3) is 5.38. The van der Waals surface area contributed by atoms with Gasteiger partial charge in [-0.25, -0.2) is 8.42 Å². The summed E-state index contributed by atoms with van der Waals surface area (Å²) < 4.78 is 31.2. The van der Waals surface area contributed by atoms with Crippen LogP contribution in [-0.2, 0) is 24.3 Å².